The number of carbonyl (C=O) groups excluding carboxylic acids is 2. The molecule has 0 fully saturated rings. The second kappa shape index (κ2) is 28.7. The summed E-state index contributed by atoms with van der Waals surface area (Å²) in [5.74, 6) is 1.18. The summed E-state index contributed by atoms with van der Waals surface area (Å²) in [5.41, 5.74) is 22.1. The smallest absolute Gasteiger partial charge is 0.266 e. The van der Waals surface area contributed by atoms with Gasteiger partial charge in [0.2, 0.25) is 23.5 Å². The normalized spacial score (nSPS) is 12.4. The Bertz CT molecular complexity index is 10100. The van der Waals surface area contributed by atoms with Crippen LogP contribution in [0.1, 0.15) is 32.4 Å². The highest BCUT2D eigenvalue weighted by Gasteiger charge is 2.35. The average Bonchev–Trinajstić information content (AvgIpc) is 1.45. The summed E-state index contributed by atoms with van der Waals surface area (Å²) in [6.45, 7) is 0. The third-order valence-corrected chi connectivity index (χ3v) is 27.9. The molecule has 0 atom stereocenters. The molecule has 20 heteroatoms. The van der Waals surface area contributed by atoms with Crippen molar-refractivity contribution in [3.8, 4) is 119 Å². The molecule has 0 amide bonds. The molecule has 135 heavy (non-hydrogen) atoms. The number of rotatable bonds is 11. The number of carbonyl (C=O) groups is 2. The summed E-state index contributed by atoms with van der Waals surface area (Å²) in [4.78, 5) is 116. The van der Waals surface area contributed by atoms with Gasteiger partial charge >= 0.3 is 0 Å². The molecule has 2 aliphatic heterocycles. The quantitative estimate of drug-likeness (QED) is 0.118. The van der Waals surface area contributed by atoms with E-state index in [1.165, 1.54) is 20.5 Å². The third-order valence-electron chi connectivity index (χ3n) is 26.9. The molecule has 0 saturated heterocycles. The van der Waals surface area contributed by atoms with Crippen LogP contribution in [-0.2, 0) is 0 Å². The van der Waals surface area contributed by atoms with Gasteiger partial charge in [0, 0.05) is 60.1 Å². The van der Waals surface area contributed by atoms with Crippen LogP contribution < -0.4 is 16.7 Å². The van der Waals surface area contributed by atoms with Crippen molar-refractivity contribution in [1.29, 1.82) is 0 Å². The molecule has 0 aliphatic carbocycles. The van der Waals surface area contributed by atoms with E-state index in [2.05, 4.69) is 129 Å². The molecule has 0 bridgehead atoms. The van der Waals surface area contributed by atoms with Gasteiger partial charge in [-0.1, -0.05) is 230 Å². The van der Waals surface area contributed by atoms with Gasteiger partial charge in [-0.05, 0) is 213 Å². The predicted molar refractivity (Wildman–Crippen MR) is 536 cm³/mol. The van der Waals surface area contributed by atoms with Crippen LogP contribution in [0.25, 0.3) is 243 Å². The first-order valence-corrected chi connectivity index (χ1v) is 45.1. The summed E-state index contributed by atoms with van der Waals surface area (Å²) >= 11 is 1.50. The van der Waals surface area contributed by atoms with Crippen molar-refractivity contribution in [1.82, 2.24) is 67.1 Å². The zero-order valence-corrected chi connectivity index (χ0v) is 71.8. The fourth-order valence-electron chi connectivity index (χ4n) is 20.5. The van der Waals surface area contributed by atoms with E-state index >= 15 is 4.79 Å². The van der Waals surface area contributed by atoms with Crippen molar-refractivity contribution in [3.05, 3.63) is 430 Å². The minimum atomic E-state index is -0.368. The van der Waals surface area contributed by atoms with E-state index in [1.54, 1.807) is 4.40 Å². The first-order chi connectivity index (χ1) is 66.4. The van der Waals surface area contributed by atoms with E-state index in [-0.39, 0.29) is 39.9 Å². The number of aromatic nitrogens is 14. The first-order valence-electron chi connectivity index (χ1n) is 44.3. The molecule has 28 rings (SSSR count). The number of nitrogens with zero attached hydrogens (tertiary/aromatic N) is 14. The van der Waals surface area contributed by atoms with E-state index < -0.39 is 0 Å². The highest BCUT2D eigenvalue weighted by molar-refractivity contribution is 7.23. The molecule has 0 saturated carbocycles. The van der Waals surface area contributed by atoms with Crippen LogP contribution in [0, 0.1) is 0 Å². The van der Waals surface area contributed by atoms with Gasteiger partial charge in [0.15, 0.2) is 28.3 Å². The van der Waals surface area contributed by atoms with Crippen molar-refractivity contribution < 1.29 is 9.59 Å². The predicted octanol–water partition coefficient (Wildman–Crippen LogP) is 24.3. The average molecular weight is 1750 g/mol. The van der Waals surface area contributed by atoms with Gasteiger partial charge in [-0.3, -0.25) is 46.6 Å². The van der Waals surface area contributed by atoms with Gasteiger partial charge in [-0.25, -0.2) is 29.9 Å². The zero-order chi connectivity index (χ0) is 89.3. The van der Waals surface area contributed by atoms with Crippen LogP contribution >= 0.6 is 11.3 Å². The van der Waals surface area contributed by atoms with Crippen LogP contribution in [0.2, 0.25) is 0 Å². The van der Waals surface area contributed by atoms with Gasteiger partial charge in [0.25, 0.3) is 16.7 Å². The summed E-state index contributed by atoms with van der Waals surface area (Å²) in [7, 11) is 0. The lowest BCUT2D eigenvalue weighted by atomic mass is 9.98. The number of thiazole rings is 1. The summed E-state index contributed by atoms with van der Waals surface area (Å²) < 4.78 is 12.1. The van der Waals surface area contributed by atoms with Crippen LogP contribution in [0.15, 0.2) is 390 Å². The van der Waals surface area contributed by atoms with Crippen molar-refractivity contribution in [2.24, 2.45) is 0 Å². The van der Waals surface area contributed by atoms with Gasteiger partial charge in [0.05, 0.1) is 110 Å². The molecule has 0 spiro atoms. The van der Waals surface area contributed by atoms with Crippen molar-refractivity contribution in [2.45, 2.75) is 0 Å². The summed E-state index contributed by atoms with van der Waals surface area (Å²) in [6, 6.07) is 124. The lowest BCUT2D eigenvalue weighted by Crippen LogP contribution is -2.21. The SMILES string of the molecule is O=C1c2cc(-c3ccc4nc(-n5c6ccccc6c6cc(-c7ccc8nc9n(c(=O)c8c7)-c7ccc(-c8cccc(-c%10nc(-c%11ccccc%11)nc(-n%11c%12ccccc%12c%12cc(-c%13ccc%14nc%15sc%16ccccc%16n%15c(=O)c%14c%13)ccc%12%11)n%10)c8)cc7C9=O)ccc65)nc(-c5ccccc5)c4c3)ccc2-n2c1nc1ccc(-c3ccc4c(c3)c3ccccc3n4-c3ccccc3)cc1c2=O. The Kier molecular flexibility index (Phi) is 16.1. The largest absolute Gasteiger partial charge is 0.309 e. The number of benzene rings is 17. The third kappa shape index (κ3) is 11.4. The molecule has 17 aromatic carbocycles. The minimum absolute atomic E-state index is 0.0349. The maximum atomic E-state index is 15.2. The van der Waals surface area contributed by atoms with E-state index in [1.807, 2.05) is 261 Å². The maximum absolute atomic E-state index is 15.2. The van der Waals surface area contributed by atoms with Crippen LogP contribution in [0.5, 0.6) is 0 Å². The van der Waals surface area contributed by atoms with Gasteiger partial charge < -0.3 is 4.57 Å². The number of fused-ring (bicyclic) bond motifs is 22. The number of ketones is 2. The molecule has 0 unspecified atom stereocenters. The summed E-state index contributed by atoms with van der Waals surface area (Å²) in [6.07, 6.45) is 0. The monoisotopic (exact) mass is 1750 g/mol. The molecule has 2 aliphatic rings. The fourth-order valence-corrected chi connectivity index (χ4v) is 21.5. The molecule has 0 radical (unpaired) electrons. The van der Waals surface area contributed by atoms with Crippen LogP contribution in [0.3, 0.4) is 0 Å². The fraction of sp³-hybridized carbons (Fsp3) is 0. The van der Waals surface area contributed by atoms with E-state index in [9.17, 15) is 19.2 Å². The van der Waals surface area contributed by atoms with Crippen LogP contribution in [0.4, 0.5) is 0 Å². The molecule has 26 aromatic rings. The standard InChI is InChI=1S/C115H62N14O5S/c130-104-87-61-73(65-23-18-24-75(53-65)107-121-106(64-21-6-2-7-22-64)122-114(123-107)126-95-32-15-12-29-79(95)82-56-72(41-50-98(82)126)69-38-47-92-86(60-69)112(134)129-101-33-16-17-34-102(101)135-115(129)119-92)42-51-99(87)127-108(104)116-91-46-37-68(59-85(91)110(127)132)71-40-49-97-81(55-71)78-28-11-14-31-94(78)125(97)113-118-89-44-35-66(57-83(89)103(120-113)63-19-4-1-5-20-63)74-43-52-100-88(62-74)105(131)109-117-90-45-36-67(58-84(90)111(133)128(100)109)70-39-48-96-80(54-70)77-27-10-13-30-93(77)124(96)76-25-8-3-9-26-76/h1-62H. The first kappa shape index (κ1) is 75.4. The van der Waals surface area contributed by atoms with Gasteiger partial charge in [0.1, 0.15) is 0 Å². The van der Waals surface area contributed by atoms with Crippen molar-refractivity contribution in [2.75, 3.05) is 0 Å². The van der Waals surface area contributed by atoms with Crippen molar-refractivity contribution >= 4 is 147 Å². The van der Waals surface area contributed by atoms with Crippen molar-refractivity contribution in [3.63, 3.8) is 0 Å². The highest BCUT2D eigenvalue weighted by atomic mass is 32.1. The maximum Gasteiger partial charge on any atom is 0.266 e. The second-order valence-corrected chi connectivity index (χ2v) is 35.4. The Morgan fingerprint density at radius 1 is 0.215 bits per heavy atom. The molecular weight excluding hydrogens is 1690 g/mol. The lowest BCUT2D eigenvalue weighted by Gasteiger charge is -2.13. The van der Waals surface area contributed by atoms with E-state index in [0.717, 1.165) is 153 Å². The minimum Gasteiger partial charge on any atom is -0.309 e. The van der Waals surface area contributed by atoms with E-state index in [4.69, 9.17) is 39.9 Å². The highest BCUT2D eigenvalue weighted by Crippen LogP contribution is 2.44. The molecule has 11 heterocycles. The number of hydrogen-bond donors (Lipinski definition) is 0. The molecule has 9 aromatic heterocycles. The lowest BCUT2D eigenvalue weighted by molar-refractivity contribution is 0.102. The zero-order valence-electron chi connectivity index (χ0n) is 71.0. The Labute approximate surface area is 767 Å². The molecule has 19 nitrogen and oxygen atoms in total. The topological polar surface area (TPSA) is 218 Å². The second-order valence-electron chi connectivity index (χ2n) is 34.4. The Hall–Kier alpha value is -18.5. The number of para-hydroxylation sites is 5. The van der Waals surface area contributed by atoms with Crippen LogP contribution in [-0.4, -0.2) is 78.7 Å². The summed E-state index contributed by atoms with van der Waals surface area (Å²) in [5, 5.41) is 8.17. The Balaban J connectivity index is 0.480. The molecule has 628 valence electrons. The Morgan fingerprint density at radius 3 is 1.10 bits per heavy atom. The Morgan fingerprint density at radius 2 is 0.578 bits per heavy atom. The van der Waals surface area contributed by atoms with Gasteiger partial charge in [-0.15, -0.1) is 0 Å². The van der Waals surface area contributed by atoms with E-state index in [0.29, 0.717) is 100 Å². The number of hydrogen-bond acceptors (Lipinski definition) is 14. The van der Waals surface area contributed by atoms with Gasteiger partial charge in [-0.2, -0.15) is 9.97 Å². The molecular formula is C115H62N14O5S. The molecule has 0 N–H and O–H groups in total.